The highest BCUT2D eigenvalue weighted by atomic mass is 16.4. The van der Waals surface area contributed by atoms with Crippen LogP contribution in [0.15, 0.2) is 84.0 Å². The van der Waals surface area contributed by atoms with Gasteiger partial charge in [0.15, 0.2) is 5.84 Å². The topological polar surface area (TPSA) is 100.0 Å². The maximum Gasteiger partial charge on any atom is 0.253 e. The van der Waals surface area contributed by atoms with Gasteiger partial charge in [-0.05, 0) is 93.7 Å². The number of hydrogen-bond acceptors (Lipinski definition) is 5. The van der Waals surface area contributed by atoms with Gasteiger partial charge in [-0.25, -0.2) is 4.98 Å². The number of fused-ring (bicyclic) bond motifs is 3. The second-order valence-electron chi connectivity index (χ2n) is 13.0. The Bertz CT molecular complexity index is 1660. The van der Waals surface area contributed by atoms with Crippen LogP contribution in [0.4, 0.5) is 0 Å². The van der Waals surface area contributed by atoms with E-state index in [-0.39, 0.29) is 17.2 Å². The fourth-order valence-electron chi connectivity index (χ4n) is 8.45. The molecule has 1 aromatic heterocycles. The lowest BCUT2D eigenvalue weighted by atomic mass is 9.70. The number of hydrogen-bond donors (Lipinski definition) is 2. The number of para-hydroxylation sites is 2. The van der Waals surface area contributed by atoms with E-state index < -0.39 is 0 Å². The summed E-state index contributed by atoms with van der Waals surface area (Å²) < 4.78 is 2.51. The van der Waals surface area contributed by atoms with Crippen LogP contribution in [-0.4, -0.2) is 68.0 Å². The van der Waals surface area contributed by atoms with Crippen LogP contribution in [0.1, 0.15) is 78.3 Å². The third-order valence-corrected chi connectivity index (χ3v) is 10.8. The number of imidazole rings is 1. The van der Waals surface area contributed by atoms with E-state index in [2.05, 4.69) is 76.1 Å². The minimum absolute atomic E-state index is 0.00156. The Kier molecular flexibility index (Phi) is 7.62. The van der Waals surface area contributed by atoms with Gasteiger partial charge in [0.2, 0.25) is 0 Å². The zero-order valence-corrected chi connectivity index (χ0v) is 25.5. The summed E-state index contributed by atoms with van der Waals surface area (Å²) in [5, 5.41) is 12.2. The number of nitrogens with two attached hydrogens (primary N) is 1. The Morgan fingerprint density at radius 1 is 0.932 bits per heavy atom. The van der Waals surface area contributed by atoms with E-state index in [0.717, 1.165) is 37.1 Å². The summed E-state index contributed by atoms with van der Waals surface area (Å²) in [6.07, 6.45) is 7.90. The van der Waals surface area contributed by atoms with E-state index in [0.29, 0.717) is 42.3 Å². The van der Waals surface area contributed by atoms with E-state index in [1.165, 1.54) is 36.8 Å². The molecule has 3 aliphatic rings. The van der Waals surface area contributed by atoms with Crippen molar-refractivity contribution < 1.29 is 10.0 Å². The molecular weight excluding hydrogens is 548 g/mol. The molecule has 0 aliphatic carbocycles. The molecular formula is C36H42N6O2. The lowest BCUT2D eigenvalue weighted by Crippen LogP contribution is -2.49. The van der Waals surface area contributed by atoms with E-state index in [1.807, 2.05) is 11.0 Å². The SMILES string of the molecule is Cc1nc2ccccc2n1[C@H]1C[C@H]2CC[C@@H](C1)N2CCC1(c2ccccc2)CCN(C(=O)c2cccc(/C(N)=N/O)c2)CC1. The molecule has 8 heteroatoms. The van der Waals surface area contributed by atoms with Crippen molar-refractivity contribution in [2.45, 2.75) is 75.4 Å². The number of rotatable bonds is 7. The summed E-state index contributed by atoms with van der Waals surface area (Å²) in [5.41, 5.74) is 10.7. The first-order valence-electron chi connectivity index (χ1n) is 16.1. The van der Waals surface area contributed by atoms with Crippen LogP contribution >= 0.6 is 0 Å². The standard InChI is InChI=1S/C36H42N6O2/c1-25-38-32-12-5-6-13-33(32)42(25)31-23-29-14-15-30(24-31)41(29)21-18-36(28-10-3-2-4-11-28)16-19-40(20-17-36)35(43)27-9-7-8-26(22-27)34(37)39-44/h2-13,22,29-31,44H,14-21,23-24H2,1H3,(H2,37,39)/t29-,30+,31+. The van der Waals surface area contributed by atoms with Crippen molar-refractivity contribution in [1.29, 1.82) is 0 Å². The van der Waals surface area contributed by atoms with Gasteiger partial charge in [-0.15, -0.1) is 0 Å². The van der Waals surface area contributed by atoms with Gasteiger partial charge in [0.05, 0.1) is 11.0 Å². The minimum atomic E-state index is 0.00156. The highest BCUT2D eigenvalue weighted by molar-refractivity contribution is 6.01. The number of aromatic nitrogens is 2. The molecule has 3 N–H and O–H groups in total. The number of amidine groups is 1. The Balaban J connectivity index is 1.06. The molecule has 1 amide bonds. The second-order valence-corrected chi connectivity index (χ2v) is 13.0. The van der Waals surface area contributed by atoms with Gasteiger partial charge in [0, 0.05) is 42.3 Å². The predicted molar refractivity (Wildman–Crippen MR) is 173 cm³/mol. The molecule has 3 saturated heterocycles. The molecule has 228 valence electrons. The van der Waals surface area contributed by atoms with Gasteiger partial charge in [0.1, 0.15) is 5.82 Å². The van der Waals surface area contributed by atoms with Crippen LogP contribution in [0.25, 0.3) is 11.0 Å². The summed E-state index contributed by atoms with van der Waals surface area (Å²) in [6.45, 7) is 4.67. The number of amides is 1. The lowest BCUT2D eigenvalue weighted by molar-refractivity contribution is 0.0607. The van der Waals surface area contributed by atoms with E-state index in [1.54, 1.807) is 18.2 Å². The van der Waals surface area contributed by atoms with Crippen molar-refractivity contribution >= 4 is 22.8 Å². The van der Waals surface area contributed by atoms with Gasteiger partial charge < -0.3 is 20.4 Å². The van der Waals surface area contributed by atoms with Crippen LogP contribution in [0, 0.1) is 6.92 Å². The number of piperidine rings is 2. The largest absolute Gasteiger partial charge is 0.409 e. The molecule has 7 rings (SSSR count). The molecule has 3 fully saturated rings. The van der Waals surface area contributed by atoms with Crippen LogP contribution in [0.2, 0.25) is 0 Å². The number of carbonyl (C=O) groups excluding carboxylic acids is 1. The molecule has 44 heavy (non-hydrogen) atoms. The normalized spacial score (nSPS) is 23.7. The van der Waals surface area contributed by atoms with Crippen molar-refractivity contribution in [2.75, 3.05) is 19.6 Å². The minimum Gasteiger partial charge on any atom is -0.409 e. The number of nitrogens with zero attached hydrogens (tertiary/aromatic N) is 5. The maximum absolute atomic E-state index is 13.5. The van der Waals surface area contributed by atoms with Crippen LogP contribution in [-0.2, 0) is 5.41 Å². The molecule has 3 aromatic carbocycles. The second kappa shape index (κ2) is 11.7. The first kappa shape index (κ1) is 28.6. The number of oxime groups is 1. The summed E-state index contributed by atoms with van der Waals surface area (Å²) >= 11 is 0. The molecule has 4 heterocycles. The Morgan fingerprint density at radius 2 is 1.61 bits per heavy atom. The molecule has 0 radical (unpaired) electrons. The monoisotopic (exact) mass is 590 g/mol. The van der Waals surface area contributed by atoms with Crippen LogP contribution in [0.3, 0.4) is 0 Å². The average molecular weight is 591 g/mol. The van der Waals surface area contributed by atoms with Gasteiger partial charge >= 0.3 is 0 Å². The van der Waals surface area contributed by atoms with Crippen molar-refractivity contribution in [2.24, 2.45) is 10.9 Å². The number of carbonyl (C=O) groups is 1. The van der Waals surface area contributed by atoms with Gasteiger partial charge in [-0.3, -0.25) is 9.69 Å². The first-order chi connectivity index (χ1) is 21.5. The molecule has 3 aliphatic heterocycles. The summed E-state index contributed by atoms with van der Waals surface area (Å²) in [5.74, 6) is 1.14. The van der Waals surface area contributed by atoms with Crippen molar-refractivity contribution in [1.82, 2.24) is 19.4 Å². The third-order valence-electron chi connectivity index (χ3n) is 10.8. The highest BCUT2D eigenvalue weighted by Crippen LogP contribution is 2.45. The quantitative estimate of drug-likeness (QED) is 0.121. The molecule has 0 unspecified atom stereocenters. The summed E-state index contributed by atoms with van der Waals surface area (Å²) in [7, 11) is 0. The van der Waals surface area contributed by atoms with Crippen LogP contribution < -0.4 is 5.73 Å². The van der Waals surface area contributed by atoms with Gasteiger partial charge in [-0.2, -0.15) is 0 Å². The molecule has 0 saturated carbocycles. The Labute approximate surface area is 259 Å². The zero-order valence-electron chi connectivity index (χ0n) is 25.5. The fraction of sp³-hybridized carbons (Fsp3) is 0.417. The van der Waals surface area contributed by atoms with Crippen molar-refractivity contribution in [3.63, 3.8) is 0 Å². The first-order valence-corrected chi connectivity index (χ1v) is 16.1. The van der Waals surface area contributed by atoms with Gasteiger partial charge in [-0.1, -0.05) is 59.8 Å². The molecule has 3 atom stereocenters. The number of aryl methyl sites for hydroxylation is 1. The van der Waals surface area contributed by atoms with Crippen molar-refractivity contribution in [3.05, 3.63) is 101 Å². The van der Waals surface area contributed by atoms with E-state index >= 15 is 0 Å². The lowest BCUT2D eigenvalue weighted by Gasteiger charge is -2.45. The fourth-order valence-corrected chi connectivity index (χ4v) is 8.45. The van der Waals surface area contributed by atoms with Crippen molar-refractivity contribution in [3.8, 4) is 0 Å². The van der Waals surface area contributed by atoms with Crippen LogP contribution in [0.5, 0.6) is 0 Å². The summed E-state index contributed by atoms with van der Waals surface area (Å²) in [6, 6.07) is 28.3. The molecule has 2 bridgehead atoms. The average Bonchev–Trinajstić information content (AvgIpc) is 3.53. The maximum atomic E-state index is 13.5. The molecule has 8 nitrogen and oxygen atoms in total. The van der Waals surface area contributed by atoms with E-state index in [4.69, 9.17) is 15.9 Å². The smallest absolute Gasteiger partial charge is 0.253 e. The number of likely N-dealkylation sites (tertiary alicyclic amines) is 1. The molecule has 4 aromatic rings. The van der Waals surface area contributed by atoms with E-state index in [9.17, 15) is 4.79 Å². The zero-order chi connectivity index (χ0) is 30.3. The van der Waals surface area contributed by atoms with Gasteiger partial charge in [0.25, 0.3) is 5.91 Å². The third kappa shape index (κ3) is 5.15. The molecule has 0 spiro atoms. The predicted octanol–water partition coefficient (Wildman–Crippen LogP) is 5.87. The number of benzene rings is 3. The highest BCUT2D eigenvalue weighted by Gasteiger charge is 2.44. The Morgan fingerprint density at radius 3 is 2.34 bits per heavy atom. The summed E-state index contributed by atoms with van der Waals surface area (Å²) in [4.78, 5) is 23.2. The Hall–Kier alpha value is -4.17.